The maximum Gasteiger partial charge on any atom is 0.340 e. The van der Waals surface area contributed by atoms with Crippen molar-refractivity contribution in [3.63, 3.8) is 0 Å². The molecule has 23 heavy (non-hydrogen) atoms. The van der Waals surface area contributed by atoms with Crippen LogP contribution in [0.1, 0.15) is 40.0 Å². The van der Waals surface area contributed by atoms with Gasteiger partial charge < -0.3 is 10.1 Å². The third-order valence-electron chi connectivity index (χ3n) is 3.59. The van der Waals surface area contributed by atoms with E-state index in [2.05, 4.69) is 16.1 Å². The Labute approximate surface area is 134 Å². The molecule has 0 bridgehead atoms. The van der Waals surface area contributed by atoms with Crippen molar-refractivity contribution in [2.75, 3.05) is 7.11 Å². The van der Waals surface area contributed by atoms with Gasteiger partial charge in [0.15, 0.2) is 0 Å². The number of carbonyl (C=O) groups is 1. The van der Waals surface area contributed by atoms with E-state index >= 15 is 0 Å². The number of ether oxygens (including phenoxy) is 1. The number of benzene rings is 2. The van der Waals surface area contributed by atoms with E-state index in [1.165, 1.54) is 19.2 Å². The molecule has 2 rings (SSSR count). The zero-order valence-electron chi connectivity index (χ0n) is 13.0. The van der Waals surface area contributed by atoms with Crippen molar-refractivity contribution in [2.45, 2.75) is 19.5 Å². The summed E-state index contributed by atoms with van der Waals surface area (Å²) in [6, 6.07) is 13.9. The quantitative estimate of drug-likeness (QED) is 0.860. The Hall–Kier alpha value is -2.71. The van der Waals surface area contributed by atoms with Gasteiger partial charge in [0.1, 0.15) is 5.82 Å². The average Bonchev–Trinajstić information content (AvgIpc) is 2.59. The fourth-order valence-corrected chi connectivity index (χ4v) is 2.18. The number of hydrogen-bond acceptors (Lipinski definition) is 4. The summed E-state index contributed by atoms with van der Waals surface area (Å²) in [5.41, 5.74) is 2.31. The second kappa shape index (κ2) is 7.52. The Morgan fingerprint density at radius 2 is 2.00 bits per heavy atom. The number of methoxy groups -OCH3 is 1. The summed E-state index contributed by atoms with van der Waals surface area (Å²) in [5.74, 6) is -1.28. The molecule has 0 heterocycles. The van der Waals surface area contributed by atoms with Crippen LogP contribution in [0.15, 0.2) is 42.5 Å². The molecule has 2 aromatic carbocycles. The second-order valence-electron chi connectivity index (χ2n) is 5.14. The van der Waals surface area contributed by atoms with Crippen molar-refractivity contribution < 1.29 is 13.9 Å². The first-order chi connectivity index (χ1) is 11.0. The smallest absolute Gasteiger partial charge is 0.340 e. The van der Waals surface area contributed by atoms with Gasteiger partial charge in [0.25, 0.3) is 0 Å². The van der Waals surface area contributed by atoms with Crippen LogP contribution < -0.4 is 5.32 Å². The third-order valence-corrected chi connectivity index (χ3v) is 3.59. The van der Waals surface area contributed by atoms with Gasteiger partial charge >= 0.3 is 5.97 Å². The van der Waals surface area contributed by atoms with E-state index in [9.17, 15) is 9.18 Å². The Kier molecular flexibility index (Phi) is 5.45. The van der Waals surface area contributed by atoms with E-state index in [-0.39, 0.29) is 11.6 Å². The lowest BCUT2D eigenvalue weighted by Gasteiger charge is -2.14. The van der Waals surface area contributed by atoms with E-state index in [4.69, 9.17) is 5.26 Å². The lowest BCUT2D eigenvalue weighted by Crippen LogP contribution is -2.18. The van der Waals surface area contributed by atoms with Crippen LogP contribution in [0.4, 0.5) is 4.39 Å². The number of esters is 1. The molecule has 0 aliphatic rings. The van der Waals surface area contributed by atoms with Crippen molar-refractivity contribution >= 4 is 5.97 Å². The summed E-state index contributed by atoms with van der Waals surface area (Å²) in [6.07, 6.45) is 0. The molecule has 1 atom stereocenters. The van der Waals surface area contributed by atoms with E-state index in [0.717, 1.165) is 11.1 Å². The van der Waals surface area contributed by atoms with E-state index in [1.807, 2.05) is 19.1 Å². The minimum absolute atomic E-state index is 0.0473. The molecule has 0 fully saturated rings. The van der Waals surface area contributed by atoms with Crippen LogP contribution in [0.3, 0.4) is 0 Å². The first-order valence-electron chi connectivity index (χ1n) is 7.15. The standard InChI is InChI=1S/C18H17FN2O2/c1-12(15-6-3-13(10-20)4-7-15)21-11-14-5-8-16(17(19)9-14)18(22)23-2/h3-9,12,21H,11H2,1-2H3/t12-/m0/s1. The Balaban J connectivity index is 2.01. The Morgan fingerprint density at radius 1 is 1.30 bits per heavy atom. The molecule has 0 aromatic heterocycles. The fourth-order valence-electron chi connectivity index (χ4n) is 2.18. The maximum atomic E-state index is 13.9. The van der Waals surface area contributed by atoms with Crippen molar-refractivity contribution in [2.24, 2.45) is 0 Å². The Bertz CT molecular complexity index is 736. The number of halogens is 1. The molecule has 0 amide bonds. The molecule has 0 radical (unpaired) electrons. The van der Waals surface area contributed by atoms with Crippen molar-refractivity contribution in [1.82, 2.24) is 5.32 Å². The number of rotatable bonds is 5. The molecule has 0 saturated heterocycles. The largest absolute Gasteiger partial charge is 0.465 e. The lowest BCUT2D eigenvalue weighted by molar-refractivity contribution is 0.0595. The lowest BCUT2D eigenvalue weighted by atomic mass is 10.1. The van der Waals surface area contributed by atoms with Crippen molar-refractivity contribution in [1.29, 1.82) is 5.26 Å². The SMILES string of the molecule is COC(=O)c1ccc(CN[C@@H](C)c2ccc(C#N)cc2)cc1F. The Morgan fingerprint density at radius 3 is 2.57 bits per heavy atom. The zero-order chi connectivity index (χ0) is 16.8. The van der Waals surface area contributed by atoms with Gasteiger partial charge in [-0.2, -0.15) is 5.26 Å². The third kappa shape index (κ3) is 4.15. The molecule has 0 aliphatic carbocycles. The highest BCUT2D eigenvalue weighted by Crippen LogP contribution is 2.16. The highest BCUT2D eigenvalue weighted by atomic mass is 19.1. The highest BCUT2D eigenvalue weighted by Gasteiger charge is 2.12. The molecule has 0 spiro atoms. The topological polar surface area (TPSA) is 62.1 Å². The summed E-state index contributed by atoms with van der Waals surface area (Å²) >= 11 is 0. The van der Waals surface area contributed by atoms with Gasteiger partial charge in [0.2, 0.25) is 0 Å². The van der Waals surface area contributed by atoms with Gasteiger partial charge in [-0.15, -0.1) is 0 Å². The number of nitrogens with zero attached hydrogens (tertiary/aromatic N) is 1. The number of nitrogens with one attached hydrogen (secondary N) is 1. The van der Waals surface area contributed by atoms with Gasteiger partial charge in [0, 0.05) is 12.6 Å². The van der Waals surface area contributed by atoms with Gasteiger partial charge in [-0.1, -0.05) is 18.2 Å². The molecular formula is C18H17FN2O2. The molecule has 1 N–H and O–H groups in total. The molecule has 2 aromatic rings. The predicted molar refractivity (Wildman–Crippen MR) is 84.2 cm³/mol. The number of carbonyl (C=O) groups excluding carboxylic acids is 1. The first kappa shape index (κ1) is 16.7. The summed E-state index contributed by atoms with van der Waals surface area (Å²) in [4.78, 5) is 11.3. The molecule has 4 nitrogen and oxygen atoms in total. The van der Waals surface area contributed by atoms with Gasteiger partial charge in [-0.3, -0.25) is 0 Å². The summed E-state index contributed by atoms with van der Waals surface area (Å²) in [5, 5.41) is 12.1. The molecule has 5 heteroatoms. The minimum Gasteiger partial charge on any atom is -0.465 e. The average molecular weight is 312 g/mol. The van der Waals surface area contributed by atoms with Gasteiger partial charge in [0.05, 0.1) is 24.3 Å². The van der Waals surface area contributed by atoms with E-state index < -0.39 is 11.8 Å². The molecule has 118 valence electrons. The minimum atomic E-state index is -0.687. The summed E-state index contributed by atoms with van der Waals surface area (Å²) in [7, 11) is 1.22. The van der Waals surface area contributed by atoms with Gasteiger partial charge in [-0.05, 0) is 42.3 Å². The number of nitriles is 1. The van der Waals surface area contributed by atoms with Crippen LogP contribution >= 0.6 is 0 Å². The summed E-state index contributed by atoms with van der Waals surface area (Å²) in [6.45, 7) is 2.44. The van der Waals surface area contributed by atoms with Crippen LogP contribution in [-0.4, -0.2) is 13.1 Å². The van der Waals surface area contributed by atoms with Crippen LogP contribution in [0, 0.1) is 17.1 Å². The molecular weight excluding hydrogens is 295 g/mol. The molecule has 0 aliphatic heterocycles. The normalized spacial score (nSPS) is 11.6. The second-order valence-corrected chi connectivity index (χ2v) is 5.14. The summed E-state index contributed by atoms with van der Waals surface area (Å²) < 4.78 is 18.4. The van der Waals surface area contributed by atoms with Gasteiger partial charge in [-0.25, -0.2) is 9.18 Å². The van der Waals surface area contributed by atoms with E-state index in [1.54, 1.807) is 18.2 Å². The first-order valence-corrected chi connectivity index (χ1v) is 7.15. The van der Waals surface area contributed by atoms with Crippen LogP contribution in [0.2, 0.25) is 0 Å². The number of hydrogen-bond donors (Lipinski definition) is 1. The maximum absolute atomic E-state index is 13.9. The van der Waals surface area contributed by atoms with Crippen LogP contribution in [-0.2, 0) is 11.3 Å². The zero-order valence-corrected chi connectivity index (χ0v) is 13.0. The van der Waals surface area contributed by atoms with Crippen LogP contribution in [0.25, 0.3) is 0 Å². The van der Waals surface area contributed by atoms with Crippen molar-refractivity contribution in [3.05, 3.63) is 70.5 Å². The van der Waals surface area contributed by atoms with Crippen molar-refractivity contribution in [3.8, 4) is 6.07 Å². The predicted octanol–water partition coefficient (Wildman–Crippen LogP) is 3.33. The fraction of sp³-hybridized carbons (Fsp3) is 0.222. The van der Waals surface area contributed by atoms with Crippen LogP contribution in [0.5, 0.6) is 0 Å². The van der Waals surface area contributed by atoms with E-state index in [0.29, 0.717) is 12.1 Å². The molecule has 0 unspecified atom stereocenters. The monoisotopic (exact) mass is 312 g/mol. The highest BCUT2D eigenvalue weighted by molar-refractivity contribution is 5.89. The molecule has 0 saturated carbocycles.